The van der Waals surface area contributed by atoms with Gasteiger partial charge in [-0.1, -0.05) is 6.42 Å². The fourth-order valence-corrected chi connectivity index (χ4v) is 0.417. The minimum atomic E-state index is -3.11. The van der Waals surface area contributed by atoms with Crippen LogP contribution in [0.2, 0.25) is 0 Å². The number of rotatable bonds is 0. The van der Waals surface area contributed by atoms with Crippen LogP contribution in [0.1, 0.15) is 12.8 Å². The van der Waals surface area contributed by atoms with Crippen LogP contribution in [-0.2, 0) is 17.1 Å². The summed E-state index contributed by atoms with van der Waals surface area (Å²) >= 11 is -3.11. The fraction of sp³-hybridized carbons (Fsp3) is 0.600. The van der Waals surface area contributed by atoms with E-state index in [9.17, 15) is 0 Å². The minimum absolute atomic E-state index is 0. The number of ether oxygens (including phenoxy) is 1. The predicted molar refractivity (Wildman–Crippen MR) is 49.3 cm³/mol. The summed E-state index contributed by atoms with van der Waals surface area (Å²) in [5.41, 5.74) is 0. The molecule has 1 rings (SSSR count). The number of halogens is 4. The summed E-state index contributed by atoms with van der Waals surface area (Å²) in [5.74, 6) is 0. The second kappa shape index (κ2) is 8.43. The summed E-state index contributed by atoms with van der Waals surface area (Å²) in [5, 5.41) is 0. The standard InChI is InChI=1S/C4H7O.CH3.4ClH.Ti/c1-2-4-5-3-1;;;;;;/h3H,1-2,4H2;1H3;4*1H;/q2*-1;;;;;+4/p-4. The Morgan fingerprint density at radius 1 is 1.18 bits per heavy atom. The van der Waals surface area contributed by atoms with Crippen molar-refractivity contribution in [2.24, 2.45) is 0 Å². The average Bonchev–Trinajstić information content (AvgIpc) is 2.07. The Hall–Kier alpha value is 1.83. The zero-order chi connectivity index (χ0) is 8.04. The van der Waals surface area contributed by atoms with Gasteiger partial charge >= 0.3 is 49.6 Å². The molecule has 0 radical (unpaired) electrons. The van der Waals surface area contributed by atoms with Crippen molar-refractivity contribution in [1.29, 1.82) is 0 Å². The Labute approximate surface area is 87.2 Å². The predicted octanol–water partition coefficient (Wildman–Crippen LogP) is 4.16. The molecule has 70 valence electrons. The number of hydrogen-bond acceptors (Lipinski definition) is 1. The molecule has 0 amide bonds. The first-order valence-corrected chi connectivity index (χ1v) is 11.3. The van der Waals surface area contributed by atoms with Crippen LogP contribution >= 0.6 is 37.2 Å². The molecule has 0 N–H and O–H groups in total. The van der Waals surface area contributed by atoms with E-state index >= 15 is 0 Å². The summed E-state index contributed by atoms with van der Waals surface area (Å²) in [6, 6.07) is 0. The summed E-state index contributed by atoms with van der Waals surface area (Å²) in [4.78, 5) is 0. The Bertz CT molecular complexity index is 67.4. The molecule has 1 nitrogen and oxygen atoms in total. The van der Waals surface area contributed by atoms with Crippen LogP contribution in [0.5, 0.6) is 0 Å². The molecule has 0 aromatic heterocycles. The van der Waals surface area contributed by atoms with E-state index in [-0.39, 0.29) is 7.43 Å². The molecule has 1 heterocycles. The van der Waals surface area contributed by atoms with E-state index in [0.29, 0.717) is 0 Å². The van der Waals surface area contributed by atoms with Gasteiger partial charge in [-0.25, -0.2) is 6.61 Å². The molecule has 11 heavy (non-hydrogen) atoms. The third-order valence-corrected chi connectivity index (χ3v) is 0.702. The maximum atomic E-state index is 5.01. The molecule has 1 aliphatic rings. The average molecular weight is 276 g/mol. The van der Waals surface area contributed by atoms with E-state index in [2.05, 4.69) is 0 Å². The van der Waals surface area contributed by atoms with Gasteiger partial charge in [-0.2, -0.15) is 6.42 Å². The van der Waals surface area contributed by atoms with Crippen LogP contribution < -0.4 is 0 Å². The Morgan fingerprint density at radius 2 is 1.64 bits per heavy atom. The number of hydrogen-bond donors (Lipinski definition) is 0. The first-order valence-electron chi connectivity index (χ1n) is 2.69. The van der Waals surface area contributed by atoms with E-state index in [1.807, 2.05) is 6.61 Å². The van der Waals surface area contributed by atoms with E-state index in [4.69, 9.17) is 42.0 Å². The molecule has 1 aliphatic heterocycles. The zero-order valence-electron chi connectivity index (χ0n) is 6.12. The molecular weight excluding hydrogens is 266 g/mol. The van der Waals surface area contributed by atoms with E-state index in [1.165, 1.54) is 6.42 Å². The van der Waals surface area contributed by atoms with Crippen molar-refractivity contribution in [2.45, 2.75) is 12.8 Å². The molecule has 0 bridgehead atoms. The molecule has 1 saturated heterocycles. The van der Waals surface area contributed by atoms with Gasteiger partial charge in [0, 0.05) is 6.61 Å². The van der Waals surface area contributed by atoms with E-state index in [0.717, 1.165) is 13.0 Å². The van der Waals surface area contributed by atoms with Crippen LogP contribution in [0.4, 0.5) is 0 Å². The van der Waals surface area contributed by atoms with Crippen LogP contribution in [-0.4, -0.2) is 6.61 Å². The Morgan fingerprint density at radius 3 is 1.73 bits per heavy atom. The van der Waals surface area contributed by atoms with Crippen LogP contribution in [0.3, 0.4) is 0 Å². The summed E-state index contributed by atoms with van der Waals surface area (Å²) in [6.07, 6.45) is 2.38. The molecule has 0 aromatic carbocycles. The molecule has 0 spiro atoms. The van der Waals surface area contributed by atoms with Gasteiger partial charge in [-0.05, 0) is 0 Å². The second-order valence-electron chi connectivity index (χ2n) is 1.61. The van der Waals surface area contributed by atoms with Crippen molar-refractivity contribution in [3.63, 3.8) is 0 Å². The molecule has 0 aromatic rings. The SMILES string of the molecule is [CH-]1CCCO1.[CH3-].[Cl][Ti]([Cl])([Cl])[Cl]. The molecular formula is C5H10Cl4OTi-2. The maximum absolute atomic E-state index is 5.01. The fourth-order valence-electron chi connectivity index (χ4n) is 0.417. The normalized spacial score (nSPS) is 16.4. The van der Waals surface area contributed by atoms with Gasteiger partial charge in [0.15, 0.2) is 0 Å². The molecule has 0 saturated carbocycles. The monoisotopic (exact) mass is 274 g/mol. The van der Waals surface area contributed by atoms with Crippen molar-refractivity contribution < 1.29 is 17.1 Å². The molecule has 0 unspecified atom stereocenters. The van der Waals surface area contributed by atoms with Crippen LogP contribution in [0, 0.1) is 14.0 Å². The topological polar surface area (TPSA) is 9.23 Å². The van der Waals surface area contributed by atoms with Gasteiger partial charge in [-0.3, -0.25) is 0 Å². The van der Waals surface area contributed by atoms with E-state index in [1.54, 1.807) is 0 Å². The van der Waals surface area contributed by atoms with Gasteiger partial charge in [0.2, 0.25) is 0 Å². The quantitative estimate of drug-likeness (QED) is 0.476. The van der Waals surface area contributed by atoms with Gasteiger partial charge in [0.05, 0.1) is 0 Å². The van der Waals surface area contributed by atoms with Crippen molar-refractivity contribution in [3.05, 3.63) is 14.0 Å². The van der Waals surface area contributed by atoms with Gasteiger partial charge in [0.1, 0.15) is 0 Å². The van der Waals surface area contributed by atoms with Crippen LogP contribution in [0.25, 0.3) is 0 Å². The van der Waals surface area contributed by atoms with Gasteiger partial charge in [0.25, 0.3) is 0 Å². The van der Waals surface area contributed by atoms with Crippen molar-refractivity contribution in [2.75, 3.05) is 6.61 Å². The second-order valence-corrected chi connectivity index (χ2v) is 17.1. The molecule has 0 aliphatic carbocycles. The van der Waals surface area contributed by atoms with Crippen LogP contribution in [0.15, 0.2) is 0 Å². The zero-order valence-corrected chi connectivity index (χ0v) is 10.7. The first kappa shape index (κ1) is 15.3. The molecule has 6 heteroatoms. The Balaban J connectivity index is 0. The molecule has 1 fully saturated rings. The first-order chi connectivity index (χ1) is 4.50. The third-order valence-electron chi connectivity index (χ3n) is 0.702. The summed E-state index contributed by atoms with van der Waals surface area (Å²) in [6.45, 7) is 2.81. The van der Waals surface area contributed by atoms with Gasteiger partial charge in [-0.15, -0.1) is 0 Å². The van der Waals surface area contributed by atoms with E-state index < -0.39 is 12.3 Å². The van der Waals surface area contributed by atoms with Crippen molar-refractivity contribution in [3.8, 4) is 0 Å². The Kier molecular flexibility index (Phi) is 11.7. The summed E-state index contributed by atoms with van der Waals surface area (Å²) < 4.78 is 4.82. The molecule has 0 atom stereocenters. The summed E-state index contributed by atoms with van der Waals surface area (Å²) in [7, 11) is 20.1. The van der Waals surface area contributed by atoms with Crippen molar-refractivity contribution in [1.82, 2.24) is 0 Å². The van der Waals surface area contributed by atoms with Gasteiger partial charge < -0.3 is 12.2 Å². The van der Waals surface area contributed by atoms with Crippen molar-refractivity contribution >= 4 is 37.2 Å². The third kappa shape index (κ3) is 24.5.